The van der Waals surface area contributed by atoms with E-state index in [1.807, 2.05) is 0 Å². The molecule has 2 aliphatic carbocycles. The van der Waals surface area contributed by atoms with Crippen molar-refractivity contribution in [3.8, 4) is 0 Å². The number of amides is 1. The number of carbonyl (C=O) groups excluding carboxylic acids is 1. The second-order valence-corrected chi connectivity index (χ2v) is 5.88. The average molecular weight is 238 g/mol. The summed E-state index contributed by atoms with van der Waals surface area (Å²) in [5, 5.41) is 3.23. The summed E-state index contributed by atoms with van der Waals surface area (Å²) in [6.45, 7) is 2.71. The van der Waals surface area contributed by atoms with Gasteiger partial charge in [0.05, 0.1) is 5.41 Å². The summed E-state index contributed by atoms with van der Waals surface area (Å²) >= 11 is 0. The van der Waals surface area contributed by atoms with E-state index in [0.717, 1.165) is 31.6 Å². The van der Waals surface area contributed by atoms with Crippen LogP contribution in [0.2, 0.25) is 0 Å². The lowest BCUT2D eigenvalue weighted by Gasteiger charge is -2.30. The third-order valence-corrected chi connectivity index (χ3v) is 4.70. The molecule has 0 saturated heterocycles. The van der Waals surface area contributed by atoms with Crippen LogP contribution in [0.1, 0.15) is 58.3 Å². The van der Waals surface area contributed by atoms with Gasteiger partial charge in [-0.15, -0.1) is 0 Å². The van der Waals surface area contributed by atoms with Crippen LogP contribution in [0, 0.1) is 11.3 Å². The molecule has 0 radical (unpaired) electrons. The molecular formula is C14H26N2O. The van der Waals surface area contributed by atoms with Gasteiger partial charge in [0, 0.05) is 12.6 Å². The number of hydrogen-bond acceptors (Lipinski definition) is 2. The monoisotopic (exact) mass is 238 g/mol. The summed E-state index contributed by atoms with van der Waals surface area (Å²) in [5.74, 6) is 0.961. The van der Waals surface area contributed by atoms with Gasteiger partial charge >= 0.3 is 0 Å². The second-order valence-electron chi connectivity index (χ2n) is 5.88. The lowest BCUT2D eigenvalue weighted by atomic mass is 9.79. The van der Waals surface area contributed by atoms with Crippen LogP contribution in [-0.4, -0.2) is 18.5 Å². The zero-order chi connectivity index (χ0) is 12.3. The van der Waals surface area contributed by atoms with Crippen LogP contribution in [0.5, 0.6) is 0 Å². The number of nitrogens with two attached hydrogens (primary N) is 1. The molecule has 2 atom stereocenters. The van der Waals surface area contributed by atoms with Gasteiger partial charge in [-0.25, -0.2) is 0 Å². The van der Waals surface area contributed by atoms with Crippen LogP contribution in [-0.2, 0) is 4.79 Å². The summed E-state index contributed by atoms with van der Waals surface area (Å²) in [4.78, 5) is 12.4. The molecule has 1 amide bonds. The van der Waals surface area contributed by atoms with Gasteiger partial charge in [-0.3, -0.25) is 4.79 Å². The van der Waals surface area contributed by atoms with Crippen LogP contribution in [0.3, 0.4) is 0 Å². The lowest BCUT2D eigenvalue weighted by Crippen LogP contribution is -2.46. The van der Waals surface area contributed by atoms with E-state index in [1.165, 1.54) is 25.7 Å². The molecule has 98 valence electrons. The molecule has 3 heteroatoms. The first-order chi connectivity index (χ1) is 8.22. The van der Waals surface area contributed by atoms with Crippen LogP contribution in [0.4, 0.5) is 0 Å². The van der Waals surface area contributed by atoms with Crippen molar-refractivity contribution in [2.45, 2.75) is 64.3 Å². The lowest BCUT2D eigenvalue weighted by molar-refractivity contribution is -0.131. The average Bonchev–Trinajstić information content (AvgIpc) is 3.11. The van der Waals surface area contributed by atoms with Crippen molar-refractivity contribution in [3.63, 3.8) is 0 Å². The first-order valence-corrected chi connectivity index (χ1v) is 7.23. The second kappa shape index (κ2) is 5.38. The summed E-state index contributed by atoms with van der Waals surface area (Å²) < 4.78 is 0. The smallest absolute Gasteiger partial charge is 0.227 e. The predicted octanol–water partition coefficient (Wildman–Crippen LogP) is 2.20. The molecule has 0 spiro atoms. The number of carbonyl (C=O) groups is 1. The Labute approximate surface area is 105 Å². The summed E-state index contributed by atoms with van der Waals surface area (Å²) in [6.07, 6.45) is 9.16. The van der Waals surface area contributed by atoms with Crippen molar-refractivity contribution in [2.75, 3.05) is 6.54 Å². The molecule has 2 aliphatic rings. The molecule has 2 rings (SSSR count). The highest BCUT2D eigenvalue weighted by molar-refractivity contribution is 5.83. The molecule has 3 nitrogen and oxygen atoms in total. The van der Waals surface area contributed by atoms with Crippen molar-refractivity contribution >= 4 is 5.91 Å². The summed E-state index contributed by atoms with van der Waals surface area (Å²) in [7, 11) is 0. The highest BCUT2D eigenvalue weighted by Gasteiger charge is 2.42. The molecule has 0 heterocycles. The third-order valence-electron chi connectivity index (χ3n) is 4.70. The van der Waals surface area contributed by atoms with E-state index in [9.17, 15) is 4.79 Å². The fraction of sp³-hybridized carbons (Fsp3) is 0.929. The van der Waals surface area contributed by atoms with Gasteiger partial charge in [-0.05, 0) is 25.2 Å². The zero-order valence-electron chi connectivity index (χ0n) is 11.0. The van der Waals surface area contributed by atoms with Crippen molar-refractivity contribution in [1.82, 2.24) is 5.32 Å². The van der Waals surface area contributed by atoms with Crippen LogP contribution in [0.15, 0.2) is 0 Å². The van der Waals surface area contributed by atoms with E-state index < -0.39 is 0 Å². The Balaban J connectivity index is 1.93. The van der Waals surface area contributed by atoms with E-state index in [2.05, 4.69) is 12.2 Å². The van der Waals surface area contributed by atoms with Gasteiger partial charge in [-0.1, -0.05) is 39.0 Å². The van der Waals surface area contributed by atoms with Crippen LogP contribution >= 0.6 is 0 Å². The van der Waals surface area contributed by atoms with E-state index >= 15 is 0 Å². The van der Waals surface area contributed by atoms with Gasteiger partial charge in [0.1, 0.15) is 0 Å². The fourth-order valence-corrected chi connectivity index (χ4v) is 3.13. The van der Waals surface area contributed by atoms with Crippen molar-refractivity contribution in [1.29, 1.82) is 0 Å². The minimum atomic E-state index is -0.253. The largest absolute Gasteiger partial charge is 0.353 e. The Morgan fingerprint density at radius 3 is 2.41 bits per heavy atom. The molecular weight excluding hydrogens is 212 g/mol. The highest BCUT2D eigenvalue weighted by Crippen LogP contribution is 2.38. The number of rotatable bonds is 4. The maximum atomic E-state index is 12.4. The molecule has 0 bridgehead atoms. The minimum absolute atomic E-state index is 0.239. The Hall–Kier alpha value is -0.570. The maximum Gasteiger partial charge on any atom is 0.227 e. The van der Waals surface area contributed by atoms with E-state index in [0.29, 0.717) is 12.6 Å². The van der Waals surface area contributed by atoms with Gasteiger partial charge in [0.15, 0.2) is 0 Å². The molecule has 0 aromatic rings. The summed E-state index contributed by atoms with van der Waals surface area (Å²) in [6, 6.07) is 0.444. The Bertz CT molecular complexity index is 269. The van der Waals surface area contributed by atoms with Crippen molar-refractivity contribution in [3.05, 3.63) is 0 Å². The zero-order valence-corrected chi connectivity index (χ0v) is 11.0. The standard InChI is InChI=1S/C14H26N2O/c1-2-11-9-12(11)16-13(17)14(10-15)7-5-3-4-6-8-14/h11-12H,2-10,15H2,1H3,(H,16,17). The SMILES string of the molecule is CCC1CC1NC(=O)C1(CN)CCCCCC1. The molecule has 2 fully saturated rings. The van der Waals surface area contributed by atoms with Crippen molar-refractivity contribution < 1.29 is 4.79 Å². The van der Waals surface area contributed by atoms with E-state index in [-0.39, 0.29) is 11.3 Å². The first kappa shape index (κ1) is 12.9. The predicted molar refractivity (Wildman–Crippen MR) is 69.5 cm³/mol. The molecule has 0 aromatic carbocycles. The normalized spacial score (nSPS) is 31.6. The Morgan fingerprint density at radius 1 is 1.29 bits per heavy atom. The Kier molecular flexibility index (Phi) is 4.08. The van der Waals surface area contributed by atoms with E-state index in [4.69, 9.17) is 5.73 Å². The quantitative estimate of drug-likeness (QED) is 0.738. The summed E-state index contributed by atoms with van der Waals surface area (Å²) in [5.41, 5.74) is 5.66. The van der Waals surface area contributed by atoms with Crippen LogP contribution in [0.25, 0.3) is 0 Å². The number of hydrogen-bond donors (Lipinski definition) is 2. The molecule has 17 heavy (non-hydrogen) atoms. The van der Waals surface area contributed by atoms with Gasteiger partial charge < -0.3 is 11.1 Å². The van der Waals surface area contributed by atoms with Gasteiger partial charge in [-0.2, -0.15) is 0 Å². The van der Waals surface area contributed by atoms with Gasteiger partial charge in [0.2, 0.25) is 5.91 Å². The topological polar surface area (TPSA) is 55.1 Å². The van der Waals surface area contributed by atoms with Crippen molar-refractivity contribution in [2.24, 2.45) is 17.1 Å². The number of nitrogens with one attached hydrogen (secondary N) is 1. The minimum Gasteiger partial charge on any atom is -0.353 e. The molecule has 3 N–H and O–H groups in total. The molecule has 0 aliphatic heterocycles. The molecule has 2 unspecified atom stereocenters. The fourth-order valence-electron chi connectivity index (χ4n) is 3.13. The Morgan fingerprint density at radius 2 is 1.94 bits per heavy atom. The van der Waals surface area contributed by atoms with Crippen LogP contribution < -0.4 is 11.1 Å². The van der Waals surface area contributed by atoms with E-state index in [1.54, 1.807) is 0 Å². The van der Waals surface area contributed by atoms with Gasteiger partial charge in [0.25, 0.3) is 0 Å². The third kappa shape index (κ3) is 2.82. The first-order valence-electron chi connectivity index (χ1n) is 7.23. The maximum absolute atomic E-state index is 12.4. The molecule has 0 aromatic heterocycles. The highest BCUT2D eigenvalue weighted by atomic mass is 16.2. The molecule has 2 saturated carbocycles.